The van der Waals surface area contributed by atoms with E-state index in [4.69, 9.17) is 4.74 Å². The monoisotopic (exact) mass is 366 g/mol. The van der Waals surface area contributed by atoms with E-state index in [0.29, 0.717) is 34.7 Å². The lowest BCUT2D eigenvalue weighted by Gasteiger charge is -2.35. The van der Waals surface area contributed by atoms with E-state index in [9.17, 15) is 9.00 Å². The summed E-state index contributed by atoms with van der Waals surface area (Å²) in [6, 6.07) is 7.48. The van der Waals surface area contributed by atoms with Gasteiger partial charge in [0.05, 0.1) is 34.5 Å². The number of nitrogens with zero attached hydrogens (tertiary/aromatic N) is 1. The Hall–Kier alpha value is -1.24. The summed E-state index contributed by atoms with van der Waals surface area (Å²) >= 11 is 0. The van der Waals surface area contributed by atoms with Gasteiger partial charge in [0.1, 0.15) is 0 Å². The summed E-state index contributed by atoms with van der Waals surface area (Å²) in [6.45, 7) is 10.2. The third kappa shape index (κ3) is 5.90. The predicted octanol–water partition coefficient (Wildman–Crippen LogP) is 2.29. The number of morpholine rings is 1. The molecule has 1 N–H and O–H groups in total. The Balaban J connectivity index is 2.04. The van der Waals surface area contributed by atoms with Gasteiger partial charge in [-0.25, -0.2) is 0 Å². The molecule has 0 unspecified atom stereocenters. The highest BCUT2D eigenvalue weighted by Crippen LogP contribution is 2.16. The van der Waals surface area contributed by atoms with Gasteiger partial charge in [-0.2, -0.15) is 0 Å². The van der Waals surface area contributed by atoms with Gasteiger partial charge >= 0.3 is 0 Å². The fourth-order valence-electron chi connectivity index (χ4n) is 3.16. The number of carbonyl (C=O) groups is 1. The van der Waals surface area contributed by atoms with Crippen LogP contribution in [0.1, 0.15) is 37.6 Å². The van der Waals surface area contributed by atoms with Gasteiger partial charge < -0.3 is 10.1 Å². The second kappa shape index (κ2) is 10.0. The maximum atomic E-state index is 12.7. The molecular formula is C19H30N2O3S. The molecule has 140 valence electrons. The third-order valence-electron chi connectivity index (χ3n) is 4.44. The van der Waals surface area contributed by atoms with Gasteiger partial charge in [0.2, 0.25) is 0 Å². The number of rotatable bonds is 8. The number of amides is 1. The van der Waals surface area contributed by atoms with E-state index in [2.05, 4.69) is 24.1 Å². The molecule has 1 fully saturated rings. The van der Waals surface area contributed by atoms with E-state index >= 15 is 0 Å². The second-order valence-corrected chi connectivity index (χ2v) is 8.48. The van der Waals surface area contributed by atoms with Crippen molar-refractivity contribution < 1.29 is 13.7 Å². The molecule has 1 aliphatic heterocycles. The Morgan fingerprint density at radius 2 is 1.96 bits per heavy atom. The number of ether oxygens (including phenoxy) is 1. The van der Waals surface area contributed by atoms with Crippen LogP contribution in [0.5, 0.6) is 0 Å². The van der Waals surface area contributed by atoms with E-state index in [1.54, 1.807) is 12.1 Å². The smallest absolute Gasteiger partial charge is 0.252 e. The predicted molar refractivity (Wildman–Crippen MR) is 101 cm³/mol. The third-order valence-corrected chi connectivity index (χ3v) is 5.81. The zero-order chi connectivity index (χ0) is 18.2. The molecule has 0 spiro atoms. The van der Waals surface area contributed by atoms with Crippen LogP contribution in [0.15, 0.2) is 29.2 Å². The van der Waals surface area contributed by atoms with Crippen molar-refractivity contribution in [1.82, 2.24) is 10.2 Å². The zero-order valence-corrected chi connectivity index (χ0v) is 16.3. The lowest BCUT2D eigenvalue weighted by Crippen LogP contribution is -2.49. The van der Waals surface area contributed by atoms with Gasteiger partial charge in [0.15, 0.2) is 0 Å². The maximum Gasteiger partial charge on any atom is 0.252 e. The van der Waals surface area contributed by atoms with E-state index in [-0.39, 0.29) is 5.91 Å². The Kier molecular flexibility index (Phi) is 8.06. The summed E-state index contributed by atoms with van der Waals surface area (Å²) in [5.74, 6) is 0.928. The van der Waals surface area contributed by atoms with Crippen molar-refractivity contribution in [2.45, 2.75) is 38.1 Å². The van der Waals surface area contributed by atoms with Gasteiger partial charge in [0, 0.05) is 31.4 Å². The molecule has 1 saturated heterocycles. The lowest BCUT2D eigenvalue weighted by molar-refractivity contribution is 0.0124. The summed E-state index contributed by atoms with van der Waals surface area (Å²) < 4.78 is 17.6. The molecule has 0 bridgehead atoms. The normalized spacial score (nSPS) is 18.1. The number of nitrogens with one attached hydrogen (secondary N) is 1. The van der Waals surface area contributed by atoms with Gasteiger partial charge in [-0.05, 0) is 24.5 Å². The van der Waals surface area contributed by atoms with Crippen LogP contribution in [-0.4, -0.2) is 59.7 Å². The average Bonchev–Trinajstić information content (AvgIpc) is 2.64. The fourth-order valence-corrected chi connectivity index (χ4v) is 4.11. The van der Waals surface area contributed by atoms with Crippen LogP contribution in [0.4, 0.5) is 0 Å². The van der Waals surface area contributed by atoms with E-state index in [1.165, 1.54) is 0 Å². The highest BCUT2D eigenvalue weighted by atomic mass is 32.2. The maximum absolute atomic E-state index is 12.7. The van der Waals surface area contributed by atoms with Crippen molar-refractivity contribution in [2.24, 2.45) is 5.92 Å². The molecule has 25 heavy (non-hydrogen) atoms. The van der Waals surface area contributed by atoms with Crippen LogP contribution in [0.2, 0.25) is 0 Å². The molecule has 1 heterocycles. The molecule has 0 radical (unpaired) electrons. The van der Waals surface area contributed by atoms with Crippen LogP contribution in [0, 0.1) is 5.92 Å². The first-order valence-corrected chi connectivity index (χ1v) is 10.4. The first kappa shape index (κ1) is 20.1. The SMILES string of the molecule is CC[S@@](=O)c1ccccc1C(=O)NC[C@H](CC(C)C)N1CCOCC1. The van der Waals surface area contributed by atoms with Crippen LogP contribution >= 0.6 is 0 Å². The Labute approximate surface area is 153 Å². The number of carbonyl (C=O) groups excluding carboxylic acids is 1. The largest absolute Gasteiger partial charge is 0.379 e. The zero-order valence-electron chi connectivity index (χ0n) is 15.5. The van der Waals surface area contributed by atoms with Gasteiger partial charge in [-0.3, -0.25) is 13.9 Å². The molecule has 0 saturated carbocycles. The average molecular weight is 367 g/mol. The summed E-state index contributed by atoms with van der Waals surface area (Å²) in [6.07, 6.45) is 1.03. The first-order valence-electron chi connectivity index (χ1n) is 9.10. The summed E-state index contributed by atoms with van der Waals surface area (Å²) in [7, 11) is -1.14. The summed E-state index contributed by atoms with van der Waals surface area (Å²) in [5, 5.41) is 3.07. The van der Waals surface area contributed by atoms with Gasteiger partial charge in [0.25, 0.3) is 5.91 Å². The van der Waals surface area contributed by atoms with E-state index in [1.807, 2.05) is 19.1 Å². The molecule has 1 aromatic carbocycles. The minimum atomic E-state index is -1.14. The molecule has 5 nitrogen and oxygen atoms in total. The molecule has 0 aliphatic carbocycles. The molecule has 1 aromatic rings. The van der Waals surface area contributed by atoms with Crippen molar-refractivity contribution in [1.29, 1.82) is 0 Å². The minimum Gasteiger partial charge on any atom is -0.379 e. The molecule has 6 heteroatoms. The molecule has 2 rings (SSSR count). The van der Waals surface area contributed by atoms with E-state index < -0.39 is 10.8 Å². The fraction of sp³-hybridized carbons (Fsp3) is 0.632. The highest BCUT2D eigenvalue weighted by Gasteiger charge is 2.23. The topological polar surface area (TPSA) is 58.6 Å². The van der Waals surface area contributed by atoms with Crippen molar-refractivity contribution in [3.63, 3.8) is 0 Å². The Morgan fingerprint density at radius 3 is 2.60 bits per heavy atom. The van der Waals surface area contributed by atoms with Crippen molar-refractivity contribution in [2.75, 3.05) is 38.6 Å². The molecular weight excluding hydrogens is 336 g/mol. The second-order valence-electron chi connectivity index (χ2n) is 6.77. The minimum absolute atomic E-state index is 0.139. The van der Waals surface area contributed by atoms with Crippen LogP contribution < -0.4 is 5.32 Å². The quantitative estimate of drug-likeness (QED) is 0.767. The van der Waals surface area contributed by atoms with Gasteiger partial charge in [-0.1, -0.05) is 32.9 Å². The van der Waals surface area contributed by atoms with Crippen molar-refractivity contribution in [3.05, 3.63) is 29.8 Å². The van der Waals surface area contributed by atoms with E-state index in [0.717, 1.165) is 32.7 Å². The lowest BCUT2D eigenvalue weighted by atomic mass is 10.0. The number of benzene rings is 1. The summed E-state index contributed by atoms with van der Waals surface area (Å²) in [4.78, 5) is 15.7. The van der Waals surface area contributed by atoms with Crippen LogP contribution in [-0.2, 0) is 15.5 Å². The Bertz CT molecular complexity index is 586. The number of hydrogen-bond acceptors (Lipinski definition) is 4. The highest BCUT2D eigenvalue weighted by molar-refractivity contribution is 7.85. The molecule has 1 amide bonds. The molecule has 1 aliphatic rings. The standard InChI is InChI=1S/C19H30N2O3S/c1-4-25(23)18-8-6-5-7-17(18)19(22)20-14-16(13-15(2)3)21-9-11-24-12-10-21/h5-8,15-16H,4,9-14H2,1-3H3,(H,20,22)/t16-,25+/m0/s1. The first-order chi connectivity index (χ1) is 12.0. The molecule has 2 atom stereocenters. The van der Waals surface area contributed by atoms with Crippen molar-refractivity contribution >= 4 is 16.7 Å². The molecule has 0 aromatic heterocycles. The van der Waals surface area contributed by atoms with Crippen LogP contribution in [0.3, 0.4) is 0 Å². The van der Waals surface area contributed by atoms with Crippen molar-refractivity contribution in [3.8, 4) is 0 Å². The van der Waals surface area contributed by atoms with Gasteiger partial charge in [-0.15, -0.1) is 0 Å². The summed E-state index contributed by atoms with van der Waals surface area (Å²) in [5.41, 5.74) is 0.521. The Morgan fingerprint density at radius 1 is 1.28 bits per heavy atom. The number of hydrogen-bond donors (Lipinski definition) is 1. The van der Waals surface area contributed by atoms with Crippen LogP contribution in [0.25, 0.3) is 0 Å².